The summed E-state index contributed by atoms with van der Waals surface area (Å²) in [5.41, 5.74) is 2.27. The maximum atomic E-state index is 12.2. The van der Waals surface area contributed by atoms with Crippen molar-refractivity contribution < 1.29 is 9.00 Å². The molecule has 0 amide bonds. The quantitative estimate of drug-likeness (QED) is 0.727. The monoisotopic (exact) mass is 310 g/mol. The van der Waals surface area contributed by atoms with Gasteiger partial charge in [0, 0.05) is 22.3 Å². The molecule has 0 aliphatic rings. The van der Waals surface area contributed by atoms with Gasteiger partial charge in [0.25, 0.3) is 0 Å². The molecule has 3 rings (SSSR count). The van der Waals surface area contributed by atoms with Gasteiger partial charge >= 0.3 is 0 Å². The molecule has 0 saturated carbocycles. The molecule has 0 heterocycles. The topological polar surface area (TPSA) is 34.1 Å². The van der Waals surface area contributed by atoms with Gasteiger partial charge in [-0.1, -0.05) is 72.8 Å². The molecule has 0 aliphatic heterocycles. The summed E-state index contributed by atoms with van der Waals surface area (Å²) < 4.78 is 12.2. The van der Waals surface area contributed by atoms with E-state index in [-0.39, 0.29) is 0 Å². The van der Waals surface area contributed by atoms with Gasteiger partial charge in [0.05, 0.1) is 0 Å². The molecule has 0 spiro atoms. The fraction of sp³-hybridized carbons (Fsp3) is 0.105. The van der Waals surface area contributed by atoms with Crippen molar-refractivity contribution in [2.24, 2.45) is 0 Å². The summed E-state index contributed by atoms with van der Waals surface area (Å²) in [5.74, 6) is 1.23. The number of carbonyl (C=O) groups is 1. The van der Waals surface area contributed by atoms with E-state index in [4.69, 9.17) is 4.79 Å². The van der Waals surface area contributed by atoms with Crippen molar-refractivity contribution in [2.45, 2.75) is 11.5 Å². The Morgan fingerprint density at radius 1 is 0.682 bits per heavy atom. The summed E-state index contributed by atoms with van der Waals surface area (Å²) >= 11 is 0. The van der Waals surface area contributed by atoms with E-state index in [1.807, 2.05) is 49.3 Å². The van der Waals surface area contributed by atoms with E-state index < -0.39 is 10.8 Å². The second-order valence-electron chi connectivity index (χ2n) is 4.90. The van der Waals surface area contributed by atoms with Crippen LogP contribution in [0.1, 0.15) is 11.1 Å². The summed E-state index contributed by atoms with van der Waals surface area (Å²) in [4.78, 5) is 8.00. The lowest BCUT2D eigenvalue weighted by Crippen LogP contribution is -1.99. The maximum Gasteiger partial charge on any atom is 0.106 e. The molecule has 1 unspecified atom stereocenters. The van der Waals surface area contributed by atoms with E-state index in [2.05, 4.69) is 30.3 Å². The Morgan fingerprint density at radius 2 is 1.27 bits per heavy atom. The maximum absolute atomic E-state index is 12.2. The van der Waals surface area contributed by atoms with Gasteiger partial charge in [-0.25, -0.2) is 0 Å². The molecule has 0 bridgehead atoms. The number of carbonyl (C=O) groups excluding carboxylic acids is 1. The third-order valence-electron chi connectivity index (χ3n) is 3.31. The van der Waals surface area contributed by atoms with Gasteiger partial charge < -0.3 is 4.79 Å². The van der Waals surface area contributed by atoms with Crippen molar-refractivity contribution in [1.29, 1.82) is 0 Å². The summed E-state index contributed by atoms with van der Waals surface area (Å²) in [7, 11) is -0.865. The lowest BCUT2D eigenvalue weighted by Gasteiger charge is -2.05. The average Bonchev–Trinajstić information content (AvgIpc) is 2.57. The smallest absolute Gasteiger partial charge is 0.106 e. The Bertz CT molecular complexity index is 753. The molecule has 0 saturated heterocycles. The predicted octanol–water partition coefficient (Wildman–Crippen LogP) is 4.10. The number of hydrogen-bond donors (Lipinski definition) is 0. The lowest BCUT2D eigenvalue weighted by atomic mass is 10.1. The van der Waals surface area contributed by atoms with Gasteiger partial charge in [-0.15, -0.1) is 0 Å². The van der Waals surface area contributed by atoms with Crippen LogP contribution < -0.4 is 0 Å². The molecule has 0 fully saturated rings. The van der Waals surface area contributed by atoms with Gasteiger partial charge in [0.1, 0.15) is 6.79 Å². The van der Waals surface area contributed by atoms with Crippen LogP contribution in [0.25, 0.3) is 10.8 Å². The Morgan fingerprint density at radius 3 is 2.00 bits per heavy atom. The van der Waals surface area contributed by atoms with Crippen molar-refractivity contribution in [3.63, 3.8) is 0 Å². The zero-order chi connectivity index (χ0) is 15.8. The third kappa shape index (κ3) is 4.37. The van der Waals surface area contributed by atoms with E-state index in [0.717, 1.165) is 11.1 Å². The molecule has 22 heavy (non-hydrogen) atoms. The Hall–Kier alpha value is -2.26. The first-order chi connectivity index (χ1) is 10.8. The zero-order valence-corrected chi connectivity index (χ0v) is 13.1. The minimum atomic E-state index is -0.865. The standard InChI is InChI=1S/C18H16OS.CH2O/c19-20(13-15-6-2-1-3-7-15)14-16-10-11-17-8-4-5-9-18(17)12-16;1-2/h1-12H,13-14H2;1H2. The highest BCUT2D eigenvalue weighted by Crippen LogP contribution is 2.17. The highest BCUT2D eigenvalue weighted by Gasteiger charge is 2.04. The van der Waals surface area contributed by atoms with Crippen LogP contribution in [-0.4, -0.2) is 11.0 Å². The van der Waals surface area contributed by atoms with Crippen LogP contribution in [0.4, 0.5) is 0 Å². The highest BCUT2D eigenvalue weighted by molar-refractivity contribution is 7.83. The number of fused-ring (bicyclic) bond motifs is 1. The van der Waals surface area contributed by atoms with Crippen molar-refractivity contribution in [3.8, 4) is 0 Å². The van der Waals surface area contributed by atoms with Crippen LogP contribution in [0.15, 0.2) is 72.8 Å². The first-order valence-electron chi connectivity index (χ1n) is 6.97. The van der Waals surface area contributed by atoms with Crippen LogP contribution in [0, 0.1) is 0 Å². The summed E-state index contributed by atoms with van der Waals surface area (Å²) in [6.45, 7) is 2.00. The molecule has 0 aromatic heterocycles. The van der Waals surface area contributed by atoms with Gasteiger partial charge in [-0.2, -0.15) is 0 Å². The zero-order valence-electron chi connectivity index (χ0n) is 12.3. The fourth-order valence-electron chi connectivity index (χ4n) is 2.33. The van der Waals surface area contributed by atoms with Crippen LogP contribution in [0.2, 0.25) is 0 Å². The van der Waals surface area contributed by atoms with E-state index in [1.165, 1.54) is 10.8 Å². The van der Waals surface area contributed by atoms with E-state index in [0.29, 0.717) is 11.5 Å². The van der Waals surface area contributed by atoms with Crippen molar-refractivity contribution in [1.82, 2.24) is 0 Å². The largest absolute Gasteiger partial charge is 0.307 e. The second-order valence-corrected chi connectivity index (χ2v) is 6.35. The Kier molecular flexibility index (Phi) is 6.04. The molecule has 0 aliphatic carbocycles. The SMILES string of the molecule is C=O.O=S(Cc1ccccc1)Cc1ccc2ccccc2c1. The third-order valence-corrected chi connectivity index (χ3v) is 4.62. The molecule has 0 radical (unpaired) electrons. The van der Waals surface area contributed by atoms with Crippen molar-refractivity contribution in [2.75, 3.05) is 0 Å². The van der Waals surface area contributed by atoms with Crippen LogP contribution in [-0.2, 0) is 27.1 Å². The number of benzene rings is 3. The first kappa shape index (κ1) is 16.1. The van der Waals surface area contributed by atoms with E-state index in [9.17, 15) is 4.21 Å². The molecule has 3 aromatic carbocycles. The van der Waals surface area contributed by atoms with Crippen LogP contribution in [0.3, 0.4) is 0 Å². The minimum Gasteiger partial charge on any atom is -0.307 e. The van der Waals surface area contributed by atoms with Gasteiger partial charge in [-0.05, 0) is 21.9 Å². The molecular weight excluding hydrogens is 292 g/mol. The molecule has 3 heteroatoms. The Balaban J connectivity index is 0.000000847. The van der Waals surface area contributed by atoms with Crippen molar-refractivity contribution in [3.05, 3.63) is 83.9 Å². The van der Waals surface area contributed by atoms with E-state index >= 15 is 0 Å². The molecule has 1 atom stereocenters. The Labute approximate surface area is 133 Å². The average molecular weight is 310 g/mol. The number of rotatable bonds is 4. The normalized spacial score (nSPS) is 11.5. The van der Waals surface area contributed by atoms with Crippen LogP contribution in [0.5, 0.6) is 0 Å². The molecule has 0 N–H and O–H groups in total. The minimum absolute atomic E-state index is 0.611. The van der Waals surface area contributed by atoms with Crippen molar-refractivity contribution >= 4 is 28.4 Å². The second kappa shape index (κ2) is 8.25. The van der Waals surface area contributed by atoms with Gasteiger partial charge in [-0.3, -0.25) is 4.21 Å². The summed E-state index contributed by atoms with van der Waals surface area (Å²) in [6.07, 6.45) is 0. The highest BCUT2D eigenvalue weighted by atomic mass is 32.2. The lowest BCUT2D eigenvalue weighted by molar-refractivity contribution is -0.0979. The fourth-order valence-corrected chi connectivity index (χ4v) is 3.54. The summed E-state index contributed by atoms with van der Waals surface area (Å²) in [6, 6.07) is 24.6. The molecule has 3 aromatic rings. The molecule has 112 valence electrons. The van der Waals surface area contributed by atoms with E-state index in [1.54, 1.807) is 0 Å². The predicted molar refractivity (Wildman–Crippen MR) is 93.1 cm³/mol. The molecule has 2 nitrogen and oxygen atoms in total. The van der Waals surface area contributed by atoms with Gasteiger partial charge in [0.2, 0.25) is 0 Å². The van der Waals surface area contributed by atoms with Crippen LogP contribution >= 0.6 is 0 Å². The number of hydrogen-bond acceptors (Lipinski definition) is 2. The first-order valence-corrected chi connectivity index (χ1v) is 8.45. The van der Waals surface area contributed by atoms with Gasteiger partial charge in [0.15, 0.2) is 0 Å². The molecular formula is C19H18O2S. The summed E-state index contributed by atoms with van der Waals surface area (Å²) in [5, 5.41) is 2.44.